The smallest absolute Gasteiger partial charge is 0.126 e. The summed E-state index contributed by atoms with van der Waals surface area (Å²) in [5, 5.41) is 8.96. The molecule has 0 saturated heterocycles. The molecule has 0 unspecified atom stereocenters. The number of rotatable bonds is 2. The highest BCUT2D eigenvalue weighted by atomic mass is 16.5. The van der Waals surface area contributed by atoms with Crippen LogP contribution in [0.15, 0.2) is 30.5 Å². The number of ether oxygens (including phenoxy) is 1. The maximum atomic E-state index is 8.96. The SMILES string of the molecule is COc1ccc(C#N)cc1-c1cnc(N)cc1C. The summed E-state index contributed by atoms with van der Waals surface area (Å²) >= 11 is 0. The van der Waals surface area contributed by atoms with E-state index in [-0.39, 0.29) is 0 Å². The van der Waals surface area contributed by atoms with Crippen LogP contribution in [0.25, 0.3) is 11.1 Å². The van der Waals surface area contributed by atoms with Gasteiger partial charge in [0.15, 0.2) is 0 Å². The minimum atomic E-state index is 0.478. The van der Waals surface area contributed by atoms with Gasteiger partial charge in [0.1, 0.15) is 11.6 Å². The zero-order valence-electron chi connectivity index (χ0n) is 10.3. The number of methoxy groups -OCH3 is 1. The average Bonchev–Trinajstić information content (AvgIpc) is 2.38. The van der Waals surface area contributed by atoms with Crippen LogP contribution in [0.1, 0.15) is 11.1 Å². The first-order chi connectivity index (χ1) is 8.65. The second kappa shape index (κ2) is 4.76. The number of nitriles is 1. The maximum Gasteiger partial charge on any atom is 0.126 e. The molecule has 90 valence electrons. The summed E-state index contributed by atoms with van der Waals surface area (Å²) in [6.07, 6.45) is 1.70. The lowest BCUT2D eigenvalue weighted by Gasteiger charge is -2.11. The van der Waals surface area contributed by atoms with Gasteiger partial charge in [0.05, 0.1) is 18.7 Å². The molecule has 2 N–H and O–H groups in total. The molecule has 18 heavy (non-hydrogen) atoms. The molecule has 0 amide bonds. The molecule has 4 nitrogen and oxygen atoms in total. The van der Waals surface area contributed by atoms with E-state index < -0.39 is 0 Å². The molecule has 0 aliphatic rings. The second-order valence-corrected chi connectivity index (χ2v) is 3.95. The Morgan fingerprint density at radius 3 is 2.67 bits per heavy atom. The van der Waals surface area contributed by atoms with Crippen LogP contribution in [0, 0.1) is 18.3 Å². The van der Waals surface area contributed by atoms with E-state index in [4.69, 9.17) is 15.7 Å². The van der Waals surface area contributed by atoms with Crippen molar-refractivity contribution in [2.45, 2.75) is 6.92 Å². The number of hydrogen-bond donors (Lipinski definition) is 1. The first-order valence-electron chi connectivity index (χ1n) is 5.46. The number of hydrogen-bond acceptors (Lipinski definition) is 4. The van der Waals surface area contributed by atoms with Gasteiger partial charge in [-0.2, -0.15) is 5.26 Å². The highest BCUT2D eigenvalue weighted by molar-refractivity contribution is 5.74. The standard InChI is InChI=1S/C14H13N3O/c1-9-5-14(16)17-8-12(9)11-6-10(7-15)3-4-13(11)18-2/h3-6,8H,1-2H3,(H2,16,17). The van der Waals surface area contributed by atoms with Crippen molar-refractivity contribution in [1.82, 2.24) is 4.98 Å². The van der Waals surface area contributed by atoms with Crippen molar-refractivity contribution in [3.8, 4) is 22.9 Å². The minimum Gasteiger partial charge on any atom is -0.496 e. The molecular formula is C14H13N3O. The van der Waals surface area contributed by atoms with E-state index in [2.05, 4.69) is 11.1 Å². The maximum absolute atomic E-state index is 8.96. The number of anilines is 1. The van der Waals surface area contributed by atoms with Crippen LogP contribution >= 0.6 is 0 Å². The first-order valence-corrected chi connectivity index (χ1v) is 5.46. The van der Waals surface area contributed by atoms with Gasteiger partial charge >= 0.3 is 0 Å². The predicted octanol–water partition coefficient (Wildman–Crippen LogP) is 2.52. The molecule has 0 aliphatic carbocycles. The van der Waals surface area contributed by atoms with Crippen molar-refractivity contribution in [1.29, 1.82) is 5.26 Å². The number of aryl methyl sites for hydroxylation is 1. The Bertz CT molecular complexity index is 629. The molecule has 0 bridgehead atoms. The fourth-order valence-electron chi connectivity index (χ4n) is 1.85. The van der Waals surface area contributed by atoms with Crippen molar-refractivity contribution >= 4 is 5.82 Å². The molecule has 1 aromatic carbocycles. The van der Waals surface area contributed by atoms with Crippen molar-refractivity contribution < 1.29 is 4.74 Å². The molecule has 0 aliphatic heterocycles. The third-order valence-electron chi connectivity index (χ3n) is 2.75. The summed E-state index contributed by atoms with van der Waals surface area (Å²) in [5.41, 5.74) is 8.98. The minimum absolute atomic E-state index is 0.478. The normalized spacial score (nSPS) is 9.83. The highest BCUT2D eigenvalue weighted by Crippen LogP contribution is 2.32. The van der Waals surface area contributed by atoms with Gasteiger partial charge in [-0.1, -0.05) is 0 Å². The third-order valence-corrected chi connectivity index (χ3v) is 2.75. The third kappa shape index (κ3) is 2.11. The van der Waals surface area contributed by atoms with Crippen molar-refractivity contribution in [3.63, 3.8) is 0 Å². The fraction of sp³-hybridized carbons (Fsp3) is 0.143. The van der Waals surface area contributed by atoms with Gasteiger partial charge in [0, 0.05) is 17.3 Å². The molecule has 0 radical (unpaired) electrons. The van der Waals surface area contributed by atoms with E-state index in [0.717, 1.165) is 16.7 Å². The molecule has 4 heteroatoms. The quantitative estimate of drug-likeness (QED) is 0.874. The van der Waals surface area contributed by atoms with Crippen LogP contribution in [-0.2, 0) is 0 Å². The number of nitrogens with zero attached hydrogens (tertiary/aromatic N) is 2. The number of pyridine rings is 1. The Kier molecular flexibility index (Phi) is 3.16. The molecule has 2 aromatic rings. The average molecular weight is 239 g/mol. The zero-order valence-corrected chi connectivity index (χ0v) is 10.3. The van der Waals surface area contributed by atoms with Crippen molar-refractivity contribution in [2.24, 2.45) is 0 Å². The summed E-state index contributed by atoms with van der Waals surface area (Å²) < 4.78 is 5.32. The Morgan fingerprint density at radius 1 is 1.28 bits per heavy atom. The van der Waals surface area contributed by atoms with Crippen molar-refractivity contribution in [2.75, 3.05) is 12.8 Å². The van der Waals surface area contributed by atoms with Gasteiger partial charge in [-0.25, -0.2) is 4.98 Å². The van der Waals surface area contributed by atoms with Crippen LogP contribution in [0.5, 0.6) is 5.75 Å². The first kappa shape index (κ1) is 11.9. The Morgan fingerprint density at radius 2 is 2.06 bits per heavy atom. The molecule has 2 rings (SSSR count). The summed E-state index contributed by atoms with van der Waals surface area (Å²) in [6.45, 7) is 1.95. The van der Waals surface area contributed by atoms with E-state index in [1.165, 1.54) is 0 Å². The van der Waals surface area contributed by atoms with E-state index in [0.29, 0.717) is 17.1 Å². The van der Waals surface area contributed by atoms with Crippen LogP contribution in [0.2, 0.25) is 0 Å². The lowest BCUT2D eigenvalue weighted by molar-refractivity contribution is 0.416. The summed E-state index contributed by atoms with van der Waals surface area (Å²) in [7, 11) is 1.60. The van der Waals surface area contributed by atoms with E-state index in [9.17, 15) is 0 Å². The predicted molar refractivity (Wildman–Crippen MR) is 70.1 cm³/mol. The van der Waals surface area contributed by atoms with Gasteiger partial charge in [-0.05, 0) is 36.8 Å². The molecule has 0 fully saturated rings. The lowest BCUT2D eigenvalue weighted by atomic mass is 10.00. The Labute approximate surface area is 106 Å². The number of nitrogen functional groups attached to an aromatic ring is 1. The monoisotopic (exact) mass is 239 g/mol. The van der Waals surface area contributed by atoms with Gasteiger partial charge in [-0.3, -0.25) is 0 Å². The van der Waals surface area contributed by atoms with Gasteiger partial charge in [0.25, 0.3) is 0 Å². The van der Waals surface area contributed by atoms with Crippen molar-refractivity contribution in [3.05, 3.63) is 41.6 Å². The largest absolute Gasteiger partial charge is 0.496 e. The summed E-state index contributed by atoms with van der Waals surface area (Å²) in [4.78, 5) is 4.09. The van der Waals surface area contributed by atoms with E-state index in [1.807, 2.05) is 6.92 Å². The molecule has 1 heterocycles. The van der Waals surface area contributed by atoms with Gasteiger partial charge < -0.3 is 10.5 Å². The molecule has 0 saturated carbocycles. The molecule has 1 aromatic heterocycles. The summed E-state index contributed by atoms with van der Waals surface area (Å²) in [6, 6.07) is 9.21. The van der Waals surface area contributed by atoms with Gasteiger partial charge in [-0.15, -0.1) is 0 Å². The molecular weight excluding hydrogens is 226 g/mol. The lowest BCUT2D eigenvalue weighted by Crippen LogP contribution is -1.95. The number of nitrogens with two attached hydrogens (primary N) is 1. The molecule has 0 spiro atoms. The van der Waals surface area contributed by atoms with Gasteiger partial charge in [0.2, 0.25) is 0 Å². The summed E-state index contributed by atoms with van der Waals surface area (Å²) in [5.74, 6) is 1.19. The topological polar surface area (TPSA) is 71.9 Å². The molecule has 0 atom stereocenters. The van der Waals surface area contributed by atoms with E-state index >= 15 is 0 Å². The zero-order chi connectivity index (χ0) is 13.1. The Balaban J connectivity index is 2.65. The second-order valence-electron chi connectivity index (χ2n) is 3.95. The number of benzene rings is 1. The van der Waals surface area contributed by atoms with Crippen LogP contribution < -0.4 is 10.5 Å². The van der Waals surface area contributed by atoms with Crippen LogP contribution in [-0.4, -0.2) is 12.1 Å². The van der Waals surface area contributed by atoms with E-state index in [1.54, 1.807) is 37.6 Å². The highest BCUT2D eigenvalue weighted by Gasteiger charge is 2.10. The van der Waals surface area contributed by atoms with Crippen LogP contribution in [0.3, 0.4) is 0 Å². The number of aromatic nitrogens is 1. The fourth-order valence-corrected chi connectivity index (χ4v) is 1.85. The Hall–Kier alpha value is -2.54. The van der Waals surface area contributed by atoms with Crippen LogP contribution in [0.4, 0.5) is 5.82 Å².